The number of hydrogen-bond donors (Lipinski definition) is 3. The number of nitrogens with zero attached hydrogens (tertiary/aromatic N) is 1. The van der Waals surface area contributed by atoms with Crippen molar-refractivity contribution in [1.29, 1.82) is 0 Å². The van der Waals surface area contributed by atoms with Crippen LogP contribution in [0, 0.1) is 0 Å². The van der Waals surface area contributed by atoms with Crippen LogP contribution >= 0.6 is 0 Å². The molecule has 1 aliphatic rings. The average Bonchev–Trinajstić information content (AvgIpc) is 3.24. The van der Waals surface area contributed by atoms with Crippen LogP contribution in [0.1, 0.15) is 30.1 Å². The van der Waals surface area contributed by atoms with Crippen LogP contribution in [0.5, 0.6) is 0 Å². The molecule has 8 nitrogen and oxygen atoms in total. The molecule has 1 aliphatic heterocycles. The van der Waals surface area contributed by atoms with Gasteiger partial charge in [-0.15, -0.1) is 0 Å². The summed E-state index contributed by atoms with van der Waals surface area (Å²) in [5.41, 5.74) is 6.77. The van der Waals surface area contributed by atoms with E-state index < -0.39 is 22.0 Å². The van der Waals surface area contributed by atoms with Crippen molar-refractivity contribution in [2.45, 2.75) is 30.7 Å². The number of hydrogen-bond acceptors (Lipinski definition) is 5. The molecule has 0 spiro atoms. The Morgan fingerprint density at radius 2 is 1.52 bits per heavy atom. The van der Waals surface area contributed by atoms with E-state index >= 15 is 0 Å². The Bertz CT molecular complexity index is 982. The lowest BCUT2D eigenvalue weighted by atomic mass is 10.2. The van der Waals surface area contributed by atoms with E-state index in [-0.39, 0.29) is 10.8 Å². The first-order chi connectivity index (χ1) is 13.8. The second-order valence-electron chi connectivity index (χ2n) is 6.93. The molecule has 0 aromatic heterocycles. The van der Waals surface area contributed by atoms with Crippen molar-refractivity contribution in [2.24, 2.45) is 5.73 Å². The van der Waals surface area contributed by atoms with Gasteiger partial charge in [0.1, 0.15) is 6.04 Å². The number of benzene rings is 2. The predicted octanol–water partition coefficient (Wildman–Crippen LogP) is 2.01. The second kappa shape index (κ2) is 8.62. The molecular formula is C20H24N4O4S. The molecule has 0 unspecified atom stereocenters. The molecule has 3 rings (SSSR count). The van der Waals surface area contributed by atoms with Gasteiger partial charge in [-0.2, -0.15) is 4.31 Å². The third-order valence-electron chi connectivity index (χ3n) is 4.77. The Morgan fingerprint density at radius 1 is 0.966 bits per heavy atom. The van der Waals surface area contributed by atoms with E-state index in [1.165, 1.54) is 16.4 Å². The van der Waals surface area contributed by atoms with Crippen LogP contribution in [-0.2, 0) is 14.8 Å². The number of amides is 2. The second-order valence-corrected chi connectivity index (χ2v) is 8.87. The minimum atomic E-state index is -3.48. The number of carbonyl (C=O) groups is 2. The molecule has 0 bridgehead atoms. The highest BCUT2D eigenvalue weighted by Gasteiger charge is 2.27. The fourth-order valence-corrected chi connectivity index (χ4v) is 4.60. The van der Waals surface area contributed by atoms with E-state index in [1.807, 2.05) is 0 Å². The van der Waals surface area contributed by atoms with E-state index in [0.29, 0.717) is 30.0 Å². The van der Waals surface area contributed by atoms with Gasteiger partial charge in [0, 0.05) is 30.0 Å². The molecule has 29 heavy (non-hydrogen) atoms. The number of primary amides is 1. The zero-order chi connectivity index (χ0) is 21.0. The van der Waals surface area contributed by atoms with Gasteiger partial charge in [0.05, 0.1) is 4.90 Å². The van der Waals surface area contributed by atoms with E-state index in [1.54, 1.807) is 43.3 Å². The van der Waals surface area contributed by atoms with E-state index in [2.05, 4.69) is 10.6 Å². The van der Waals surface area contributed by atoms with Crippen molar-refractivity contribution < 1.29 is 18.0 Å². The van der Waals surface area contributed by atoms with Crippen LogP contribution in [0.3, 0.4) is 0 Å². The summed E-state index contributed by atoms with van der Waals surface area (Å²) in [5.74, 6) is -0.795. The normalized spacial score (nSPS) is 15.6. The van der Waals surface area contributed by atoms with Crippen LogP contribution in [0.4, 0.5) is 11.4 Å². The van der Waals surface area contributed by atoms with Crippen LogP contribution < -0.4 is 16.4 Å². The smallest absolute Gasteiger partial charge is 0.248 e. The number of nitrogens with two attached hydrogens (primary N) is 1. The fourth-order valence-electron chi connectivity index (χ4n) is 3.08. The SMILES string of the molecule is C[C@@H](Nc1ccc(C(N)=O)cc1)C(=O)Nc1ccc(S(=O)(=O)N2CCCC2)cc1. The average molecular weight is 417 g/mol. The third kappa shape index (κ3) is 4.93. The summed E-state index contributed by atoms with van der Waals surface area (Å²) < 4.78 is 26.6. The Kier molecular flexibility index (Phi) is 6.19. The molecule has 2 aromatic rings. The minimum Gasteiger partial charge on any atom is -0.374 e. The molecule has 0 saturated carbocycles. The van der Waals surface area contributed by atoms with Gasteiger partial charge >= 0.3 is 0 Å². The molecule has 2 amide bonds. The van der Waals surface area contributed by atoms with Gasteiger partial charge in [0.25, 0.3) is 0 Å². The van der Waals surface area contributed by atoms with Gasteiger partial charge in [-0.05, 0) is 68.3 Å². The standard InChI is InChI=1S/C20H24N4O4S/c1-14(22-16-6-4-15(5-7-16)19(21)25)20(26)23-17-8-10-18(11-9-17)29(27,28)24-12-2-3-13-24/h4-11,14,22H,2-3,12-13H2,1H3,(H2,21,25)(H,23,26)/t14-/m1/s1. The van der Waals surface area contributed by atoms with Crippen LogP contribution in [-0.4, -0.2) is 43.7 Å². The lowest BCUT2D eigenvalue weighted by Gasteiger charge is -2.17. The molecule has 1 fully saturated rings. The molecule has 4 N–H and O–H groups in total. The zero-order valence-corrected chi connectivity index (χ0v) is 16.9. The number of nitrogens with one attached hydrogen (secondary N) is 2. The highest BCUT2D eigenvalue weighted by Crippen LogP contribution is 2.22. The van der Waals surface area contributed by atoms with Crippen LogP contribution in [0.2, 0.25) is 0 Å². The third-order valence-corrected chi connectivity index (χ3v) is 6.68. The van der Waals surface area contributed by atoms with Gasteiger partial charge in [0.2, 0.25) is 21.8 Å². The molecule has 1 heterocycles. The predicted molar refractivity (Wildman–Crippen MR) is 111 cm³/mol. The molecular weight excluding hydrogens is 392 g/mol. The monoisotopic (exact) mass is 416 g/mol. The summed E-state index contributed by atoms with van der Waals surface area (Å²) in [4.78, 5) is 23.7. The van der Waals surface area contributed by atoms with Crippen LogP contribution in [0.25, 0.3) is 0 Å². The highest BCUT2D eigenvalue weighted by atomic mass is 32.2. The van der Waals surface area contributed by atoms with Gasteiger partial charge < -0.3 is 16.4 Å². The van der Waals surface area contributed by atoms with Crippen molar-refractivity contribution in [3.05, 3.63) is 54.1 Å². The van der Waals surface area contributed by atoms with Crippen molar-refractivity contribution in [3.63, 3.8) is 0 Å². The summed E-state index contributed by atoms with van der Waals surface area (Å²) in [6.07, 6.45) is 1.76. The Hall–Kier alpha value is -2.91. The summed E-state index contributed by atoms with van der Waals surface area (Å²) >= 11 is 0. The molecule has 9 heteroatoms. The number of rotatable bonds is 7. The number of anilines is 2. The fraction of sp³-hybridized carbons (Fsp3) is 0.300. The molecule has 0 aliphatic carbocycles. The lowest BCUT2D eigenvalue weighted by Crippen LogP contribution is -2.32. The van der Waals surface area contributed by atoms with Gasteiger partial charge in [-0.25, -0.2) is 8.42 Å². The molecule has 154 valence electrons. The Labute approximate surface area is 170 Å². The first-order valence-electron chi connectivity index (χ1n) is 9.35. The highest BCUT2D eigenvalue weighted by molar-refractivity contribution is 7.89. The van der Waals surface area contributed by atoms with Gasteiger partial charge in [0.15, 0.2) is 0 Å². The van der Waals surface area contributed by atoms with Gasteiger partial charge in [-0.1, -0.05) is 0 Å². The topological polar surface area (TPSA) is 122 Å². The Morgan fingerprint density at radius 3 is 2.07 bits per heavy atom. The van der Waals surface area contributed by atoms with Crippen molar-refractivity contribution >= 4 is 33.2 Å². The molecule has 0 radical (unpaired) electrons. The maximum atomic E-state index is 12.5. The lowest BCUT2D eigenvalue weighted by molar-refractivity contribution is -0.116. The molecule has 1 saturated heterocycles. The number of carbonyl (C=O) groups excluding carboxylic acids is 2. The van der Waals surface area contributed by atoms with Gasteiger partial charge in [-0.3, -0.25) is 9.59 Å². The van der Waals surface area contributed by atoms with Crippen molar-refractivity contribution in [1.82, 2.24) is 4.31 Å². The molecule has 2 aromatic carbocycles. The van der Waals surface area contributed by atoms with Crippen LogP contribution in [0.15, 0.2) is 53.4 Å². The summed E-state index contributed by atoms with van der Waals surface area (Å²) in [5, 5.41) is 5.79. The largest absolute Gasteiger partial charge is 0.374 e. The Balaban J connectivity index is 1.60. The molecule has 1 atom stereocenters. The number of sulfonamides is 1. The maximum absolute atomic E-state index is 12.5. The maximum Gasteiger partial charge on any atom is 0.248 e. The zero-order valence-electron chi connectivity index (χ0n) is 16.1. The van der Waals surface area contributed by atoms with Crippen molar-refractivity contribution in [2.75, 3.05) is 23.7 Å². The quantitative estimate of drug-likeness (QED) is 0.637. The first-order valence-corrected chi connectivity index (χ1v) is 10.8. The van der Waals surface area contributed by atoms with E-state index in [4.69, 9.17) is 5.73 Å². The first kappa shape index (κ1) is 20.8. The van der Waals surface area contributed by atoms with E-state index in [0.717, 1.165) is 12.8 Å². The minimum absolute atomic E-state index is 0.220. The van der Waals surface area contributed by atoms with Crippen molar-refractivity contribution in [3.8, 4) is 0 Å². The van der Waals surface area contributed by atoms with E-state index in [9.17, 15) is 18.0 Å². The summed E-state index contributed by atoms with van der Waals surface area (Å²) in [6, 6.07) is 12.1. The summed E-state index contributed by atoms with van der Waals surface area (Å²) in [7, 11) is -3.48. The summed E-state index contributed by atoms with van der Waals surface area (Å²) in [6.45, 7) is 2.79.